The van der Waals surface area contributed by atoms with Crippen molar-refractivity contribution in [2.75, 3.05) is 26.2 Å². The third-order valence-electron chi connectivity index (χ3n) is 5.12. The highest BCUT2D eigenvalue weighted by atomic mass is 16.3. The van der Waals surface area contributed by atoms with Crippen molar-refractivity contribution < 1.29 is 9.90 Å². The molecule has 1 heterocycles. The molecule has 4 nitrogen and oxygen atoms in total. The SMILES string of the molecule is CCc1ccc(C(=O)N2CCN([C@H]3CCC[C@@H]3O)CC2)cc1. The van der Waals surface area contributed by atoms with Crippen LogP contribution in [-0.4, -0.2) is 59.1 Å². The lowest BCUT2D eigenvalue weighted by molar-refractivity contribution is 0.0315. The molecule has 0 bridgehead atoms. The molecule has 3 rings (SSSR count). The van der Waals surface area contributed by atoms with Gasteiger partial charge in [-0.3, -0.25) is 9.69 Å². The quantitative estimate of drug-likeness (QED) is 0.928. The minimum absolute atomic E-state index is 0.134. The molecule has 4 heteroatoms. The Hall–Kier alpha value is -1.39. The Bertz CT molecular complexity index is 506. The van der Waals surface area contributed by atoms with Crippen molar-refractivity contribution in [2.24, 2.45) is 0 Å². The van der Waals surface area contributed by atoms with E-state index >= 15 is 0 Å². The first-order chi connectivity index (χ1) is 10.7. The van der Waals surface area contributed by atoms with Crippen LogP contribution >= 0.6 is 0 Å². The predicted molar refractivity (Wildman–Crippen MR) is 86.9 cm³/mol. The number of aliphatic hydroxyl groups is 1. The van der Waals surface area contributed by atoms with Crippen LogP contribution in [0.2, 0.25) is 0 Å². The van der Waals surface area contributed by atoms with Gasteiger partial charge in [-0.05, 0) is 43.4 Å². The van der Waals surface area contributed by atoms with E-state index in [0.717, 1.165) is 57.4 Å². The van der Waals surface area contributed by atoms with Gasteiger partial charge in [0.15, 0.2) is 0 Å². The molecule has 1 saturated heterocycles. The van der Waals surface area contributed by atoms with Crippen LogP contribution in [0.25, 0.3) is 0 Å². The first-order valence-electron chi connectivity index (χ1n) is 8.49. The second-order valence-electron chi connectivity index (χ2n) is 6.44. The van der Waals surface area contributed by atoms with Gasteiger partial charge in [0, 0.05) is 37.8 Å². The fraction of sp³-hybridized carbons (Fsp3) is 0.611. The van der Waals surface area contributed by atoms with Crippen molar-refractivity contribution in [3.63, 3.8) is 0 Å². The smallest absolute Gasteiger partial charge is 0.253 e. The van der Waals surface area contributed by atoms with E-state index < -0.39 is 0 Å². The highest BCUT2D eigenvalue weighted by molar-refractivity contribution is 5.94. The molecule has 1 aliphatic heterocycles. The Morgan fingerprint density at radius 2 is 1.82 bits per heavy atom. The maximum Gasteiger partial charge on any atom is 0.253 e. The van der Waals surface area contributed by atoms with E-state index in [0.29, 0.717) is 6.04 Å². The van der Waals surface area contributed by atoms with E-state index in [4.69, 9.17) is 0 Å². The Kier molecular flexibility index (Phi) is 4.79. The van der Waals surface area contributed by atoms with Crippen LogP contribution in [0.3, 0.4) is 0 Å². The van der Waals surface area contributed by atoms with Crippen molar-refractivity contribution in [3.05, 3.63) is 35.4 Å². The van der Waals surface area contributed by atoms with Gasteiger partial charge in [0.1, 0.15) is 0 Å². The number of nitrogens with zero attached hydrogens (tertiary/aromatic N) is 2. The van der Waals surface area contributed by atoms with Crippen molar-refractivity contribution in [1.29, 1.82) is 0 Å². The molecule has 0 spiro atoms. The van der Waals surface area contributed by atoms with Gasteiger partial charge in [-0.25, -0.2) is 0 Å². The molecule has 0 radical (unpaired) electrons. The summed E-state index contributed by atoms with van der Waals surface area (Å²) in [7, 11) is 0. The van der Waals surface area contributed by atoms with Crippen LogP contribution < -0.4 is 0 Å². The number of carbonyl (C=O) groups excluding carboxylic acids is 1. The molecule has 1 aromatic carbocycles. The lowest BCUT2D eigenvalue weighted by Crippen LogP contribution is -2.53. The van der Waals surface area contributed by atoms with E-state index in [1.165, 1.54) is 5.56 Å². The van der Waals surface area contributed by atoms with Gasteiger partial charge in [-0.1, -0.05) is 19.1 Å². The number of hydrogen-bond donors (Lipinski definition) is 1. The predicted octanol–water partition coefficient (Wildman–Crippen LogP) is 1.92. The third kappa shape index (κ3) is 3.18. The highest BCUT2D eigenvalue weighted by Crippen LogP contribution is 2.25. The summed E-state index contributed by atoms with van der Waals surface area (Å²) in [5.41, 5.74) is 2.04. The highest BCUT2D eigenvalue weighted by Gasteiger charge is 2.33. The second kappa shape index (κ2) is 6.80. The first kappa shape index (κ1) is 15.5. The van der Waals surface area contributed by atoms with Crippen molar-refractivity contribution >= 4 is 5.91 Å². The van der Waals surface area contributed by atoms with Crippen molar-refractivity contribution in [1.82, 2.24) is 9.80 Å². The number of aryl methyl sites for hydroxylation is 1. The number of piperazine rings is 1. The van der Waals surface area contributed by atoms with Crippen LogP contribution in [0.15, 0.2) is 24.3 Å². The molecule has 1 aromatic rings. The van der Waals surface area contributed by atoms with Crippen molar-refractivity contribution in [3.8, 4) is 0 Å². The molecule has 22 heavy (non-hydrogen) atoms. The summed E-state index contributed by atoms with van der Waals surface area (Å²) < 4.78 is 0. The Morgan fingerprint density at radius 1 is 1.14 bits per heavy atom. The zero-order chi connectivity index (χ0) is 15.5. The lowest BCUT2D eigenvalue weighted by Gasteiger charge is -2.39. The average Bonchev–Trinajstić information content (AvgIpc) is 3.00. The van der Waals surface area contributed by atoms with Crippen LogP contribution in [0.4, 0.5) is 0 Å². The molecule has 0 aromatic heterocycles. The fourth-order valence-corrected chi connectivity index (χ4v) is 3.67. The van der Waals surface area contributed by atoms with E-state index in [-0.39, 0.29) is 12.0 Å². The number of hydrogen-bond acceptors (Lipinski definition) is 3. The molecule has 1 amide bonds. The molecule has 2 fully saturated rings. The molecule has 1 aliphatic carbocycles. The third-order valence-corrected chi connectivity index (χ3v) is 5.12. The van der Waals surface area contributed by atoms with Crippen LogP contribution in [0, 0.1) is 0 Å². The van der Waals surface area contributed by atoms with Gasteiger partial charge >= 0.3 is 0 Å². The number of aliphatic hydroxyl groups excluding tert-OH is 1. The van der Waals surface area contributed by atoms with E-state index in [9.17, 15) is 9.90 Å². The Balaban J connectivity index is 1.57. The Morgan fingerprint density at radius 3 is 2.36 bits per heavy atom. The fourth-order valence-electron chi connectivity index (χ4n) is 3.67. The molecular weight excluding hydrogens is 276 g/mol. The zero-order valence-corrected chi connectivity index (χ0v) is 13.4. The molecule has 2 atom stereocenters. The van der Waals surface area contributed by atoms with Gasteiger partial charge in [-0.2, -0.15) is 0 Å². The summed E-state index contributed by atoms with van der Waals surface area (Å²) in [6, 6.07) is 8.26. The summed E-state index contributed by atoms with van der Waals surface area (Å²) in [6.45, 7) is 5.39. The maximum absolute atomic E-state index is 12.5. The molecule has 120 valence electrons. The van der Waals surface area contributed by atoms with E-state index in [1.807, 2.05) is 29.2 Å². The van der Waals surface area contributed by atoms with Gasteiger partial charge in [0.25, 0.3) is 5.91 Å². The monoisotopic (exact) mass is 302 g/mol. The van der Waals surface area contributed by atoms with Crippen LogP contribution in [0.1, 0.15) is 42.1 Å². The first-order valence-corrected chi connectivity index (χ1v) is 8.49. The van der Waals surface area contributed by atoms with Crippen LogP contribution in [0.5, 0.6) is 0 Å². The van der Waals surface area contributed by atoms with Gasteiger partial charge in [0.2, 0.25) is 0 Å². The molecule has 1 N–H and O–H groups in total. The summed E-state index contributed by atoms with van der Waals surface area (Å²) in [5, 5.41) is 10.0. The largest absolute Gasteiger partial charge is 0.391 e. The standard InChI is InChI=1S/C18H26N2O2/c1-2-14-6-8-15(9-7-14)18(22)20-12-10-19(11-13-20)16-4-3-5-17(16)21/h6-9,16-17,21H,2-5,10-13H2,1H3/t16-,17-/m0/s1. The summed E-state index contributed by atoms with van der Waals surface area (Å²) in [5.74, 6) is 0.134. The normalized spacial score (nSPS) is 26.4. The topological polar surface area (TPSA) is 43.8 Å². The average molecular weight is 302 g/mol. The molecular formula is C18H26N2O2. The Labute approximate surface area is 132 Å². The van der Waals surface area contributed by atoms with E-state index in [2.05, 4.69) is 11.8 Å². The molecule has 2 aliphatic rings. The minimum Gasteiger partial charge on any atom is -0.391 e. The van der Waals surface area contributed by atoms with Gasteiger partial charge in [-0.15, -0.1) is 0 Å². The number of carbonyl (C=O) groups is 1. The summed E-state index contributed by atoms with van der Waals surface area (Å²) in [4.78, 5) is 16.9. The lowest BCUT2D eigenvalue weighted by atomic mass is 10.1. The maximum atomic E-state index is 12.5. The second-order valence-corrected chi connectivity index (χ2v) is 6.44. The van der Waals surface area contributed by atoms with Gasteiger partial charge in [0.05, 0.1) is 6.10 Å². The van der Waals surface area contributed by atoms with Crippen LogP contribution in [-0.2, 0) is 6.42 Å². The van der Waals surface area contributed by atoms with E-state index in [1.54, 1.807) is 0 Å². The zero-order valence-electron chi connectivity index (χ0n) is 13.4. The summed E-state index contributed by atoms with van der Waals surface area (Å²) >= 11 is 0. The summed E-state index contributed by atoms with van der Waals surface area (Å²) in [6.07, 6.45) is 3.95. The minimum atomic E-state index is -0.177. The molecule has 1 saturated carbocycles. The molecule has 0 unspecified atom stereocenters. The van der Waals surface area contributed by atoms with Crippen molar-refractivity contribution in [2.45, 2.75) is 44.8 Å². The number of amides is 1. The number of rotatable bonds is 3. The van der Waals surface area contributed by atoms with Gasteiger partial charge < -0.3 is 10.0 Å². The number of benzene rings is 1.